The van der Waals surface area contributed by atoms with E-state index in [-0.39, 0.29) is 12.8 Å². The Hall–Kier alpha value is -1.84. The van der Waals surface area contributed by atoms with Gasteiger partial charge in [-0.3, -0.25) is 9.59 Å². The van der Waals surface area contributed by atoms with Gasteiger partial charge in [-0.15, -0.1) is 0 Å². The number of allylic oxidation sites excluding steroid dienone is 5. The predicted molar refractivity (Wildman–Crippen MR) is 88.9 cm³/mol. The molecule has 4 heteroatoms. The molecular weight excluding hydrogens is 280 g/mol. The first kappa shape index (κ1) is 20.2. The molecule has 0 amide bonds. The molecule has 0 rings (SSSR count). The van der Waals surface area contributed by atoms with Crippen LogP contribution in [0.1, 0.15) is 64.2 Å². The Morgan fingerprint density at radius 2 is 1.18 bits per heavy atom. The van der Waals surface area contributed by atoms with Crippen LogP contribution in [0.15, 0.2) is 36.5 Å². The number of unbranched alkanes of at least 4 members (excludes halogenated alkanes) is 5. The highest BCUT2D eigenvalue weighted by Gasteiger charge is 1.95. The van der Waals surface area contributed by atoms with Crippen LogP contribution in [0.5, 0.6) is 0 Å². The molecule has 0 bridgehead atoms. The van der Waals surface area contributed by atoms with Crippen LogP contribution in [0.2, 0.25) is 0 Å². The number of rotatable bonds is 14. The molecule has 0 aromatic carbocycles. The van der Waals surface area contributed by atoms with Crippen molar-refractivity contribution < 1.29 is 19.8 Å². The minimum atomic E-state index is -0.801. The minimum Gasteiger partial charge on any atom is -0.481 e. The standard InChI is InChI=1S/C18H28O4/c19-17(20)15-13-11-9-7-5-3-1-2-4-6-8-10-12-14-16-18(21)22/h1-2,5,7,11,13H,3-4,6,8-10,12,14-16H2,(H,19,20)(H,21,22). The normalized spacial score (nSPS) is 11.8. The molecular formula is C18H28O4. The maximum Gasteiger partial charge on any atom is 0.307 e. The van der Waals surface area contributed by atoms with Gasteiger partial charge in [0.15, 0.2) is 0 Å². The SMILES string of the molecule is O=C(O)CC=CCC=CCC=CCCCCCCCC(=O)O. The van der Waals surface area contributed by atoms with Gasteiger partial charge in [-0.05, 0) is 32.1 Å². The molecule has 0 aliphatic carbocycles. The van der Waals surface area contributed by atoms with Gasteiger partial charge in [0.1, 0.15) is 0 Å². The average Bonchev–Trinajstić information content (AvgIpc) is 2.46. The molecule has 0 aromatic heterocycles. The molecule has 0 aliphatic heterocycles. The van der Waals surface area contributed by atoms with Crippen molar-refractivity contribution in [1.82, 2.24) is 0 Å². The van der Waals surface area contributed by atoms with E-state index in [4.69, 9.17) is 10.2 Å². The third kappa shape index (κ3) is 18.2. The van der Waals surface area contributed by atoms with Gasteiger partial charge in [-0.2, -0.15) is 0 Å². The summed E-state index contributed by atoms with van der Waals surface area (Å²) in [4.78, 5) is 20.6. The van der Waals surface area contributed by atoms with Crippen molar-refractivity contribution >= 4 is 11.9 Å². The van der Waals surface area contributed by atoms with Crippen LogP contribution in [-0.4, -0.2) is 22.2 Å². The minimum absolute atomic E-state index is 0.0874. The van der Waals surface area contributed by atoms with Crippen molar-refractivity contribution in [2.24, 2.45) is 0 Å². The molecule has 0 aliphatic rings. The van der Waals surface area contributed by atoms with Crippen molar-refractivity contribution in [1.29, 1.82) is 0 Å². The molecule has 4 nitrogen and oxygen atoms in total. The lowest BCUT2D eigenvalue weighted by Gasteiger charge is -1.98. The van der Waals surface area contributed by atoms with E-state index < -0.39 is 11.9 Å². The first-order chi connectivity index (χ1) is 10.6. The van der Waals surface area contributed by atoms with Gasteiger partial charge in [0, 0.05) is 6.42 Å². The lowest BCUT2D eigenvalue weighted by atomic mass is 10.1. The fourth-order valence-corrected chi connectivity index (χ4v) is 1.91. The first-order valence-corrected chi connectivity index (χ1v) is 8.01. The zero-order valence-corrected chi connectivity index (χ0v) is 13.2. The van der Waals surface area contributed by atoms with Crippen LogP contribution in [0.4, 0.5) is 0 Å². The maximum absolute atomic E-state index is 10.3. The average molecular weight is 308 g/mol. The van der Waals surface area contributed by atoms with Gasteiger partial charge in [0.2, 0.25) is 0 Å². The van der Waals surface area contributed by atoms with E-state index in [1.165, 1.54) is 0 Å². The summed E-state index contributed by atoms with van der Waals surface area (Å²) in [5.41, 5.74) is 0. The molecule has 0 radical (unpaired) electrons. The molecule has 0 heterocycles. The summed E-state index contributed by atoms with van der Waals surface area (Å²) >= 11 is 0. The second kappa shape index (κ2) is 15.5. The Morgan fingerprint density at radius 3 is 1.82 bits per heavy atom. The van der Waals surface area contributed by atoms with Crippen LogP contribution in [0.3, 0.4) is 0 Å². The van der Waals surface area contributed by atoms with Crippen LogP contribution >= 0.6 is 0 Å². The molecule has 124 valence electrons. The van der Waals surface area contributed by atoms with Gasteiger partial charge in [0.05, 0.1) is 6.42 Å². The smallest absolute Gasteiger partial charge is 0.307 e. The van der Waals surface area contributed by atoms with Gasteiger partial charge in [-0.1, -0.05) is 55.7 Å². The Kier molecular flexibility index (Phi) is 14.2. The fraction of sp³-hybridized carbons (Fsp3) is 0.556. The summed E-state index contributed by atoms with van der Waals surface area (Å²) in [5.74, 6) is -1.50. The van der Waals surface area contributed by atoms with Crippen LogP contribution in [0, 0.1) is 0 Å². The van der Waals surface area contributed by atoms with E-state index in [9.17, 15) is 9.59 Å². The van der Waals surface area contributed by atoms with Gasteiger partial charge in [-0.25, -0.2) is 0 Å². The predicted octanol–water partition coefficient (Wildman–Crippen LogP) is 4.73. The molecule has 0 spiro atoms. The van der Waals surface area contributed by atoms with Crippen molar-refractivity contribution in [3.8, 4) is 0 Å². The van der Waals surface area contributed by atoms with Gasteiger partial charge in [0.25, 0.3) is 0 Å². The molecule has 0 unspecified atom stereocenters. The largest absolute Gasteiger partial charge is 0.481 e. The van der Waals surface area contributed by atoms with Crippen LogP contribution < -0.4 is 0 Å². The van der Waals surface area contributed by atoms with E-state index in [0.29, 0.717) is 0 Å². The fourth-order valence-electron chi connectivity index (χ4n) is 1.91. The number of carbonyl (C=O) groups is 2. The summed E-state index contributed by atoms with van der Waals surface area (Å²) in [7, 11) is 0. The topological polar surface area (TPSA) is 74.6 Å². The molecule has 0 fully saturated rings. The lowest BCUT2D eigenvalue weighted by molar-refractivity contribution is -0.137. The highest BCUT2D eigenvalue weighted by molar-refractivity contribution is 5.68. The third-order valence-corrected chi connectivity index (χ3v) is 3.10. The van der Waals surface area contributed by atoms with E-state index in [0.717, 1.165) is 51.4 Å². The summed E-state index contributed by atoms with van der Waals surface area (Å²) in [6.07, 6.45) is 20.3. The summed E-state index contributed by atoms with van der Waals surface area (Å²) in [5, 5.41) is 16.9. The lowest BCUT2D eigenvalue weighted by Crippen LogP contribution is -1.93. The molecule has 0 atom stereocenters. The van der Waals surface area contributed by atoms with E-state index >= 15 is 0 Å². The Bertz CT molecular complexity index is 381. The van der Waals surface area contributed by atoms with E-state index in [2.05, 4.69) is 18.2 Å². The summed E-state index contributed by atoms with van der Waals surface area (Å²) < 4.78 is 0. The van der Waals surface area contributed by atoms with Crippen molar-refractivity contribution in [3.05, 3.63) is 36.5 Å². The molecule has 0 aromatic rings. The van der Waals surface area contributed by atoms with Crippen molar-refractivity contribution in [2.45, 2.75) is 64.2 Å². The van der Waals surface area contributed by atoms with Crippen molar-refractivity contribution in [2.75, 3.05) is 0 Å². The highest BCUT2D eigenvalue weighted by Crippen LogP contribution is 2.07. The maximum atomic E-state index is 10.3. The quantitative estimate of drug-likeness (QED) is 0.359. The van der Waals surface area contributed by atoms with Gasteiger partial charge < -0.3 is 10.2 Å². The monoisotopic (exact) mass is 308 g/mol. The first-order valence-electron chi connectivity index (χ1n) is 8.01. The summed E-state index contributed by atoms with van der Waals surface area (Å²) in [6, 6.07) is 0. The Balaban J connectivity index is 3.31. The number of hydrogen-bond acceptors (Lipinski definition) is 2. The highest BCUT2D eigenvalue weighted by atomic mass is 16.4. The molecule has 2 N–H and O–H groups in total. The third-order valence-electron chi connectivity index (χ3n) is 3.10. The van der Waals surface area contributed by atoms with E-state index in [1.54, 1.807) is 6.08 Å². The van der Waals surface area contributed by atoms with Crippen LogP contribution in [0.25, 0.3) is 0 Å². The molecule has 0 saturated heterocycles. The Labute approximate surface area is 133 Å². The second-order valence-corrected chi connectivity index (χ2v) is 5.18. The number of carboxylic acids is 2. The van der Waals surface area contributed by atoms with E-state index in [1.807, 2.05) is 12.2 Å². The zero-order chi connectivity index (χ0) is 16.5. The van der Waals surface area contributed by atoms with Crippen LogP contribution in [-0.2, 0) is 9.59 Å². The number of hydrogen-bond donors (Lipinski definition) is 2. The van der Waals surface area contributed by atoms with Gasteiger partial charge >= 0.3 is 11.9 Å². The Morgan fingerprint density at radius 1 is 0.636 bits per heavy atom. The number of aliphatic carboxylic acids is 2. The zero-order valence-electron chi connectivity index (χ0n) is 13.2. The van der Waals surface area contributed by atoms with Crippen molar-refractivity contribution in [3.63, 3.8) is 0 Å². The molecule has 22 heavy (non-hydrogen) atoms. The number of carboxylic acid groups (broad SMARTS) is 2. The summed E-state index contributed by atoms with van der Waals surface area (Å²) in [6.45, 7) is 0. The second-order valence-electron chi connectivity index (χ2n) is 5.18. The molecule has 0 saturated carbocycles.